The van der Waals surface area contributed by atoms with Crippen LogP contribution >= 0.6 is 39.0 Å². The van der Waals surface area contributed by atoms with Gasteiger partial charge in [0.25, 0.3) is 5.91 Å². The molecule has 0 spiro atoms. The number of benzene rings is 1. The lowest BCUT2D eigenvalue weighted by Gasteiger charge is -2.34. The van der Waals surface area contributed by atoms with Crippen LogP contribution in [0.25, 0.3) is 0 Å². The first-order valence-electron chi connectivity index (χ1n) is 8.29. The highest BCUT2D eigenvalue weighted by Gasteiger charge is 2.52. The third-order valence-electron chi connectivity index (χ3n) is 4.79. The Bertz CT molecular complexity index is 918. The average molecular weight is 466 g/mol. The van der Waals surface area contributed by atoms with Crippen molar-refractivity contribution in [1.82, 2.24) is 10.2 Å². The number of aliphatic imine (C=N–C) groups is 1. The third-order valence-corrected chi connectivity index (χ3v) is 7.69. The molecule has 4 rings (SSSR count). The molecule has 2 aliphatic heterocycles. The van der Waals surface area contributed by atoms with Gasteiger partial charge in [0.05, 0.1) is 6.54 Å². The van der Waals surface area contributed by atoms with Crippen molar-refractivity contribution in [3.8, 4) is 0 Å². The number of fused-ring (bicyclic) bond motifs is 1. The summed E-state index contributed by atoms with van der Waals surface area (Å²) in [4.78, 5) is 31.4. The summed E-state index contributed by atoms with van der Waals surface area (Å²) in [7, 11) is 0. The minimum absolute atomic E-state index is 0.0709. The molecule has 2 aromatic rings. The fourth-order valence-electron chi connectivity index (χ4n) is 3.45. The van der Waals surface area contributed by atoms with Crippen molar-refractivity contribution in [2.45, 2.75) is 5.54 Å². The maximum absolute atomic E-state index is 12.5. The summed E-state index contributed by atoms with van der Waals surface area (Å²) in [6.07, 6.45) is -0.936. The molecule has 140 valence electrons. The molecule has 2 N–H and O–H groups in total. The molecule has 1 aromatic heterocycles. The Morgan fingerprint density at radius 2 is 2.11 bits per heavy atom. The zero-order valence-corrected chi connectivity index (χ0v) is 17.3. The molecule has 0 bridgehead atoms. The molecule has 27 heavy (non-hydrogen) atoms. The number of amides is 2. The molecule has 3 heterocycles. The second-order valence-electron chi connectivity index (χ2n) is 6.46. The van der Waals surface area contributed by atoms with Crippen molar-refractivity contribution >= 4 is 56.2 Å². The van der Waals surface area contributed by atoms with Crippen LogP contribution in [0.4, 0.5) is 4.79 Å². The van der Waals surface area contributed by atoms with Crippen molar-refractivity contribution in [1.29, 1.82) is 0 Å². The van der Waals surface area contributed by atoms with Gasteiger partial charge in [-0.2, -0.15) is 0 Å². The number of rotatable bonds is 2. The Morgan fingerprint density at radius 1 is 1.33 bits per heavy atom. The molecule has 6 nitrogen and oxygen atoms in total. The first kappa shape index (κ1) is 18.5. The Balaban J connectivity index is 1.67. The van der Waals surface area contributed by atoms with Crippen LogP contribution in [0.2, 0.25) is 0 Å². The van der Waals surface area contributed by atoms with Crippen LogP contribution in [0.15, 0.2) is 51.2 Å². The molecule has 9 heteroatoms. The van der Waals surface area contributed by atoms with E-state index in [1.54, 1.807) is 23.5 Å². The standard InChI is InChI=1S/C18H16BrN3O3S2/c19-13-6-14(26-9-13)18-10-22(17(24)25)7-12(18)8-27-16(21-18)20-15(23)11-4-2-1-3-5-11/h1-6,9,12H,7-8,10H2,(H,24,25)(H,20,21,23). The van der Waals surface area contributed by atoms with E-state index >= 15 is 0 Å². The van der Waals surface area contributed by atoms with E-state index in [-0.39, 0.29) is 11.8 Å². The summed E-state index contributed by atoms with van der Waals surface area (Å²) in [5, 5.41) is 14.9. The molecule has 0 aliphatic carbocycles. The maximum atomic E-state index is 12.5. The Morgan fingerprint density at radius 3 is 2.78 bits per heavy atom. The van der Waals surface area contributed by atoms with Crippen LogP contribution in [0, 0.1) is 5.92 Å². The van der Waals surface area contributed by atoms with Crippen LogP contribution in [-0.2, 0) is 5.54 Å². The lowest BCUT2D eigenvalue weighted by Crippen LogP contribution is -2.42. The van der Waals surface area contributed by atoms with Crippen molar-refractivity contribution in [2.75, 3.05) is 18.8 Å². The number of hydrogen-bond acceptors (Lipinski definition) is 5. The number of carbonyl (C=O) groups is 2. The SMILES string of the molecule is O=C(NC1=NC2(c3cc(Br)cs3)CN(C(=O)O)CC2CS1)c1ccccc1. The van der Waals surface area contributed by atoms with Gasteiger partial charge in [-0.15, -0.1) is 11.3 Å². The zero-order valence-electron chi connectivity index (χ0n) is 14.1. The zero-order chi connectivity index (χ0) is 19.0. The highest BCUT2D eigenvalue weighted by atomic mass is 79.9. The molecule has 2 aliphatic rings. The highest BCUT2D eigenvalue weighted by Crippen LogP contribution is 2.48. The molecule has 1 aromatic carbocycles. The van der Waals surface area contributed by atoms with Gasteiger partial charge in [-0.1, -0.05) is 30.0 Å². The lowest BCUT2D eigenvalue weighted by atomic mass is 9.87. The Kier molecular flexibility index (Phi) is 5.00. The van der Waals surface area contributed by atoms with Crippen LogP contribution in [0.1, 0.15) is 15.2 Å². The molecular weight excluding hydrogens is 450 g/mol. The summed E-state index contributed by atoms with van der Waals surface area (Å²) < 4.78 is 0.952. The van der Waals surface area contributed by atoms with E-state index in [4.69, 9.17) is 4.99 Å². The molecule has 2 atom stereocenters. The highest BCUT2D eigenvalue weighted by molar-refractivity contribution is 9.10. The van der Waals surface area contributed by atoms with Crippen LogP contribution in [0.5, 0.6) is 0 Å². The molecule has 1 fully saturated rings. The van der Waals surface area contributed by atoms with Crippen molar-refractivity contribution in [2.24, 2.45) is 10.9 Å². The third kappa shape index (κ3) is 3.51. The molecule has 2 unspecified atom stereocenters. The minimum Gasteiger partial charge on any atom is -0.465 e. The van der Waals surface area contributed by atoms with Gasteiger partial charge in [-0.3, -0.25) is 4.79 Å². The van der Waals surface area contributed by atoms with Crippen LogP contribution < -0.4 is 5.32 Å². The molecular formula is C18H16BrN3O3S2. The predicted octanol–water partition coefficient (Wildman–Crippen LogP) is 3.85. The second kappa shape index (κ2) is 7.29. The van der Waals surface area contributed by atoms with E-state index in [9.17, 15) is 14.7 Å². The number of nitrogens with zero attached hydrogens (tertiary/aromatic N) is 2. The topological polar surface area (TPSA) is 82.0 Å². The van der Waals surface area contributed by atoms with Gasteiger partial charge >= 0.3 is 6.09 Å². The molecule has 1 saturated heterocycles. The van der Waals surface area contributed by atoms with E-state index in [0.29, 0.717) is 29.6 Å². The Hall–Kier alpha value is -1.84. The largest absolute Gasteiger partial charge is 0.465 e. The van der Waals surface area contributed by atoms with Gasteiger partial charge in [0, 0.05) is 38.5 Å². The van der Waals surface area contributed by atoms with E-state index in [0.717, 1.165) is 9.35 Å². The lowest BCUT2D eigenvalue weighted by molar-refractivity contribution is 0.0977. The molecule has 0 radical (unpaired) electrons. The van der Waals surface area contributed by atoms with Crippen molar-refractivity contribution in [3.63, 3.8) is 0 Å². The summed E-state index contributed by atoms with van der Waals surface area (Å²) in [5.41, 5.74) is -0.0889. The van der Waals surface area contributed by atoms with Gasteiger partial charge in [-0.05, 0) is 34.1 Å². The number of thioether (sulfide) groups is 1. The first-order chi connectivity index (χ1) is 13.0. The number of amidine groups is 1. The van der Waals surface area contributed by atoms with Gasteiger partial charge in [0.1, 0.15) is 5.54 Å². The minimum atomic E-state index is -0.936. The van der Waals surface area contributed by atoms with E-state index in [1.165, 1.54) is 16.7 Å². The number of nitrogens with one attached hydrogen (secondary N) is 1. The normalized spacial score (nSPS) is 24.3. The predicted molar refractivity (Wildman–Crippen MR) is 111 cm³/mol. The van der Waals surface area contributed by atoms with E-state index in [2.05, 4.69) is 21.2 Å². The number of carboxylic acid groups (broad SMARTS) is 1. The molecule has 2 amide bonds. The van der Waals surface area contributed by atoms with Crippen LogP contribution in [0.3, 0.4) is 0 Å². The number of hydrogen-bond donors (Lipinski definition) is 2. The number of likely N-dealkylation sites (tertiary alicyclic amines) is 1. The number of thiophene rings is 1. The van der Waals surface area contributed by atoms with Gasteiger partial charge < -0.3 is 15.3 Å². The van der Waals surface area contributed by atoms with Crippen molar-refractivity contribution < 1.29 is 14.7 Å². The number of carbonyl (C=O) groups excluding carboxylic acids is 1. The summed E-state index contributed by atoms with van der Waals surface area (Å²) in [6, 6.07) is 11.0. The summed E-state index contributed by atoms with van der Waals surface area (Å²) in [6.45, 7) is 0.743. The Labute approximate surface area is 172 Å². The fourth-order valence-corrected chi connectivity index (χ4v) is 6.23. The first-order valence-corrected chi connectivity index (χ1v) is 11.0. The summed E-state index contributed by atoms with van der Waals surface area (Å²) in [5.74, 6) is 0.560. The van der Waals surface area contributed by atoms with E-state index in [1.807, 2.05) is 29.6 Å². The molecule has 0 saturated carbocycles. The maximum Gasteiger partial charge on any atom is 0.407 e. The van der Waals surface area contributed by atoms with Gasteiger partial charge in [-0.25, -0.2) is 9.79 Å². The monoisotopic (exact) mass is 465 g/mol. The quantitative estimate of drug-likeness (QED) is 0.705. The van der Waals surface area contributed by atoms with E-state index < -0.39 is 11.6 Å². The van der Waals surface area contributed by atoms with Gasteiger partial charge in [0.2, 0.25) is 0 Å². The van der Waals surface area contributed by atoms with Gasteiger partial charge in [0.15, 0.2) is 5.17 Å². The fraction of sp³-hybridized carbons (Fsp3) is 0.278. The summed E-state index contributed by atoms with van der Waals surface area (Å²) >= 11 is 6.51. The smallest absolute Gasteiger partial charge is 0.407 e. The van der Waals surface area contributed by atoms with Crippen LogP contribution in [-0.4, -0.2) is 46.0 Å². The average Bonchev–Trinajstić information content (AvgIpc) is 3.26. The van der Waals surface area contributed by atoms with Crippen molar-refractivity contribution in [3.05, 3.63) is 56.7 Å². The number of halogens is 1. The second-order valence-corrected chi connectivity index (χ2v) is 9.30.